The van der Waals surface area contributed by atoms with E-state index >= 15 is 0 Å². The van der Waals surface area contributed by atoms with E-state index in [0.29, 0.717) is 19.1 Å². The summed E-state index contributed by atoms with van der Waals surface area (Å²) in [6, 6.07) is 0. The molecule has 5 nitrogen and oxygen atoms in total. The number of hydrogen-bond donors (Lipinski definition) is 1. The maximum absolute atomic E-state index is 11.9. The van der Waals surface area contributed by atoms with Gasteiger partial charge in [0.15, 0.2) is 0 Å². The molecule has 1 saturated carbocycles. The van der Waals surface area contributed by atoms with Crippen LogP contribution >= 0.6 is 11.6 Å². The van der Waals surface area contributed by atoms with Gasteiger partial charge in [0.05, 0.1) is 24.7 Å². The predicted octanol–water partition coefficient (Wildman–Crippen LogP) is 2.99. The number of carbonyl (C=O) groups is 1. The molecule has 1 aliphatic carbocycles. The quantitative estimate of drug-likeness (QED) is 0.307. The van der Waals surface area contributed by atoms with Crippen molar-refractivity contribution in [2.45, 2.75) is 62.7 Å². The molecule has 4 unspecified atom stereocenters. The molecule has 0 bridgehead atoms. The summed E-state index contributed by atoms with van der Waals surface area (Å²) < 4.78 is 16.2. The van der Waals surface area contributed by atoms with Gasteiger partial charge in [-0.1, -0.05) is 43.6 Å². The van der Waals surface area contributed by atoms with Gasteiger partial charge in [0.2, 0.25) is 0 Å². The Morgan fingerprint density at radius 1 is 1.36 bits per heavy atom. The Bertz CT molecular complexity index is 459. The zero-order chi connectivity index (χ0) is 18.1. The van der Waals surface area contributed by atoms with E-state index in [0.717, 1.165) is 12.8 Å². The third-order valence-corrected chi connectivity index (χ3v) is 5.07. The lowest BCUT2D eigenvalue weighted by molar-refractivity contribution is -0.155. The molecular formula is C19H29ClO5. The van der Waals surface area contributed by atoms with E-state index in [1.165, 1.54) is 19.3 Å². The number of carbonyl (C=O) groups excluding carboxylic acids is 1. The molecule has 25 heavy (non-hydrogen) atoms. The Labute approximate surface area is 155 Å². The second-order valence-corrected chi connectivity index (χ2v) is 7.19. The fourth-order valence-corrected chi connectivity index (χ4v) is 3.52. The first kappa shape index (κ1) is 20.4. The van der Waals surface area contributed by atoms with Gasteiger partial charge in [0.1, 0.15) is 18.8 Å². The molecule has 6 heteroatoms. The highest BCUT2D eigenvalue weighted by molar-refractivity contribution is 6.21. The Hall–Kier alpha value is -0.880. The number of rotatable bonds is 8. The first-order chi connectivity index (χ1) is 12.1. The normalized spacial score (nSPS) is 29.5. The Morgan fingerprint density at radius 2 is 2.12 bits per heavy atom. The molecule has 0 spiro atoms. The lowest BCUT2D eigenvalue weighted by atomic mass is 9.85. The summed E-state index contributed by atoms with van der Waals surface area (Å²) in [6.45, 7) is 2.45. The van der Waals surface area contributed by atoms with Gasteiger partial charge in [0, 0.05) is 0 Å². The molecule has 0 aromatic heterocycles. The smallest absolute Gasteiger partial charge is 0.332 e. The number of alkyl halides is 1. The highest BCUT2D eigenvalue weighted by Crippen LogP contribution is 2.28. The average Bonchev–Trinajstić information content (AvgIpc) is 2.97. The van der Waals surface area contributed by atoms with Crippen LogP contribution in [0.5, 0.6) is 0 Å². The van der Waals surface area contributed by atoms with Crippen LogP contribution in [-0.2, 0) is 19.0 Å². The van der Waals surface area contributed by atoms with Crippen LogP contribution in [0, 0.1) is 5.92 Å². The second kappa shape index (κ2) is 11.0. The van der Waals surface area contributed by atoms with Gasteiger partial charge < -0.3 is 19.3 Å². The fraction of sp³-hybridized carbons (Fsp3) is 0.737. The molecule has 2 fully saturated rings. The Morgan fingerprint density at radius 3 is 2.84 bits per heavy atom. The van der Waals surface area contributed by atoms with Crippen LogP contribution in [0.15, 0.2) is 24.3 Å². The van der Waals surface area contributed by atoms with Crippen LogP contribution in [0.25, 0.3) is 0 Å². The third kappa shape index (κ3) is 6.74. The fourth-order valence-electron chi connectivity index (χ4n) is 3.25. The zero-order valence-electron chi connectivity index (χ0n) is 14.8. The summed E-state index contributed by atoms with van der Waals surface area (Å²) in [5, 5.41) is 9.92. The van der Waals surface area contributed by atoms with Gasteiger partial charge >= 0.3 is 5.97 Å². The van der Waals surface area contributed by atoms with Crippen molar-refractivity contribution in [1.82, 2.24) is 0 Å². The summed E-state index contributed by atoms with van der Waals surface area (Å²) in [5.41, 5.74) is 0. The highest BCUT2D eigenvalue weighted by Gasteiger charge is 2.38. The van der Waals surface area contributed by atoms with E-state index in [9.17, 15) is 9.90 Å². The van der Waals surface area contributed by atoms with E-state index in [2.05, 4.69) is 0 Å². The molecule has 2 rings (SSSR count). The van der Waals surface area contributed by atoms with Gasteiger partial charge in [-0.15, -0.1) is 11.6 Å². The van der Waals surface area contributed by atoms with Crippen LogP contribution in [0.2, 0.25) is 0 Å². The molecule has 1 N–H and O–H groups in total. The van der Waals surface area contributed by atoms with Crippen molar-refractivity contribution >= 4 is 17.6 Å². The predicted molar refractivity (Wildman–Crippen MR) is 96.6 cm³/mol. The molecular weight excluding hydrogens is 344 g/mol. The summed E-state index contributed by atoms with van der Waals surface area (Å²) in [4.78, 5) is 11.9. The van der Waals surface area contributed by atoms with E-state index in [1.54, 1.807) is 12.2 Å². The van der Waals surface area contributed by atoms with Crippen molar-refractivity contribution in [3.63, 3.8) is 0 Å². The largest absolute Gasteiger partial charge is 0.456 e. The lowest BCUT2D eigenvalue weighted by Crippen LogP contribution is -2.33. The van der Waals surface area contributed by atoms with Crippen molar-refractivity contribution in [3.8, 4) is 0 Å². The number of halogens is 1. The monoisotopic (exact) mass is 372 g/mol. The minimum absolute atomic E-state index is 0.119. The molecule has 1 heterocycles. The standard InChI is InChI=1S/C19H29ClO5/c1-2-3-11-23-13-18(22)25-19-15(20)12-24-17(19)10-9-16(21)14-7-5-4-6-8-14/h2-3,9-10,14-17,19,21H,4-8,11-13H2,1H3. The number of aliphatic hydroxyl groups excluding tert-OH is 1. The van der Waals surface area contributed by atoms with Crippen molar-refractivity contribution < 1.29 is 24.1 Å². The first-order valence-electron chi connectivity index (χ1n) is 9.12. The topological polar surface area (TPSA) is 65.0 Å². The number of esters is 1. The minimum Gasteiger partial charge on any atom is -0.456 e. The van der Waals surface area contributed by atoms with Gasteiger partial charge in [-0.2, -0.15) is 0 Å². The SMILES string of the molecule is CC=CCOCC(=O)OC1C(Cl)COC1C=CC(O)C1CCCCC1. The van der Waals surface area contributed by atoms with Crippen LogP contribution in [0.4, 0.5) is 0 Å². The number of allylic oxidation sites excluding steroid dienone is 1. The molecule has 4 atom stereocenters. The number of ether oxygens (including phenoxy) is 3. The zero-order valence-corrected chi connectivity index (χ0v) is 15.6. The summed E-state index contributed by atoms with van der Waals surface area (Å²) in [7, 11) is 0. The molecule has 0 aromatic rings. The first-order valence-corrected chi connectivity index (χ1v) is 9.56. The van der Waals surface area contributed by atoms with Gasteiger partial charge in [0.25, 0.3) is 0 Å². The van der Waals surface area contributed by atoms with E-state index < -0.39 is 29.7 Å². The average molecular weight is 373 g/mol. The Kier molecular flexibility index (Phi) is 8.96. The van der Waals surface area contributed by atoms with Crippen LogP contribution in [0.3, 0.4) is 0 Å². The summed E-state index contributed by atoms with van der Waals surface area (Å²) in [6.07, 6.45) is 11.4. The minimum atomic E-state index is -0.561. The summed E-state index contributed by atoms with van der Waals surface area (Å²) >= 11 is 6.21. The molecule has 1 aliphatic heterocycles. The van der Waals surface area contributed by atoms with E-state index in [-0.39, 0.29) is 6.61 Å². The van der Waals surface area contributed by atoms with E-state index in [4.69, 9.17) is 25.8 Å². The summed E-state index contributed by atoms with van der Waals surface area (Å²) in [5.74, 6) is -0.156. The number of aliphatic hydroxyl groups is 1. The van der Waals surface area contributed by atoms with E-state index in [1.807, 2.05) is 19.1 Å². The van der Waals surface area contributed by atoms with Gasteiger partial charge in [-0.3, -0.25) is 0 Å². The van der Waals surface area contributed by atoms with Crippen molar-refractivity contribution in [2.24, 2.45) is 5.92 Å². The van der Waals surface area contributed by atoms with Crippen LogP contribution in [0.1, 0.15) is 39.0 Å². The van der Waals surface area contributed by atoms with Gasteiger partial charge in [-0.25, -0.2) is 4.79 Å². The molecule has 0 aromatic carbocycles. The lowest BCUT2D eigenvalue weighted by Gasteiger charge is -2.25. The highest BCUT2D eigenvalue weighted by atomic mass is 35.5. The van der Waals surface area contributed by atoms with Crippen molar-refractivity contribution in [1.29, 1.82) is 0 Å². The van der Waals surface area contributed by atoms with Crippen molar-refractivity contribution in [2.75, 3.05) is 19.8 Å². The molecule has 1 saturated heterocycles. The molecule has 142 valence electrons. The van der Waals surface area contributed by atoms with Crippen LogP contribution in [-0.4, -0.2) is 54.6 Å². The maximum Gasteiger partial charge on any atom is 0.332 e. The third-order valence-electron chi connectivity index (χ3n) is 4.70. The van der Waals surface area contributed by atoms with Gasteiger partial charge in [-0.05, 0) is 25.7 Å². The number of hydrogen-bond acceptors (Lipinski definition) is 5. The second-order valence-electron chi connectivity index (χ2n) is 6.63. The molecule has 0 amide bonds. The molecule has 2 aliphatic rings. The van der Waals surface area contributed by atoms with Crippen molar-refractivity contribution in [3.05, 3.63) is 24.3 Å². The Balaban J connectivity index is 1.82. The maximum atomic E-state index is 11.9. The van der Waals surface area contributed by atoms with Crippen LogP contribution < -0.4 is 0 Å². The molecule has 0 radical (unpaired) electrons.